The van der Waals surface area contributed by atoms with Crippen LogP contribution in [0.15, 0.2) is 47.1 Å². The minimum atomic E-state index is -0.761. The number of aryl methyl sites for hydroxylation is 2. The van der Waals surface area contributed by atoms with Crippen molar-refractivity contribution in [2.45, 2.75) is 76.7 Å². The zero-order valence-corrected chi connectivity index (χ0v) is 22.4. The highest BCUT2D eigenvalue weighted by Gasteiger charge is 2.81. The van der Waals surface area contributed by atoms with E-state index in [0.717, 1.165) is 34.5 Å². The van der Waals surface area contributed by atoms with Crippen LogP contribution in [0, 0.1) is 12.8 Å². The van der Waals surface area contributed by atoms with Crippen molar-refractivity contribution in [2.75, 3.05) is 10.6 Å². The number of aliphatic hydroxyl groups excluding tert-OH is 1. The molecule has 3 aliphatic rings. The SMILES string of the molecule is CCc1cc2cc(-c3c(C)nc(NCc4ccccn4)nc3NC3CC4C(O)C45OC(C)(C)OC35)oc2cn1. The average Bonchev–Trinajstić information content (AvgIpc) is 3.26. The van der Waals surface area contributed by atoms with Crippen LogP contribution in [0.25, 0.3) is 22.3 Å². The molecule has 7 rings (SSSR count). The van der Waals surface area contributed by atoms with Crippen LogP contribution < -0.4 is 10.6 Å². The number of hydrogen-bond donors (Lipinski definition) is 3. The van der Waals surface area contributed by atoms with Gasteiger partial charge < -0.3 is 29.6 Å². The van der Waals surface area contributed by atoms with Crippen molar-refractivity contribution in [3.8, 4) is 11.3 Å². The minimum Gasteiger partial charge on any atom is -0.454 e. The van der Waals surface area contributed by atoms with Gasteiger partial charge >= 0.3 is 0 Å². The fourth-order valence-electron chi connectivity index (χ4n) is 6.31. The van der Waals surface area contributed by atoms with Gasteiger partial charge in [-0.3, -0.25) is 9.97 Å². The summed E-state index contributed by atoms with van der Waals surface area (Å²) in [5, 5.41) is 18.6. The van der Waals surface area contributed by atoms with E-state index in [1.165, 1.54) is 0 Å². The zero-order valence-electron chi connectivity index (χ0n) is 22.4. The van der Waals surface area contributed by atoms with Crippen molar-refractivity contribution < 1.29 is 19.0 Å². The number of nitrogens with zero attached hydrogens (tertiary/aromatic N) is 4. The molecule has 39 heavy (non-hydrogen) atoms. The summed E-state index contributed by atoms with van der Waals surface area (Å²) in [7, 11) is 0. The van der Waals surface area contributed by atoms with E-state index in [1.54, 1.807) is 12.4 Å². The van der Waals surface area contributed by atoms with E-state index in [9.17, 15) is 5.11 Å². The Morgan fingerprint density at radius 3 is 2.79 bits per heavy atom. The third-order valence-corrected chi connectivity index (χ3v) is 8.10. The van der Waals surface area contributed by atoms with E-state index in [0.29, 0.717) is 36.1 Å². The molecule has 5 heterocycles. The Morgan fingerprint density at radius 2 is 2.00 bits per heavy atom. The number of rotatable bonds is 7. The lowest BCUT2D eigenvalue weighted by Gasteiger charge is -2.26. The predicted octanol–water partition coefficient (Wildman–Crippen LogP) is 4.23. The Labute approximate surface area is 226 Å². The lowest BCUT2D eigenvalue weighted by molar-refractivity contribution is -0.157. The maximum absolute atomic E-state index is 10.7. The normalized spacial score (nSPS) is 28.3. The number of pyridine rings is 2. The van der Waals surface area contributed by atoms with Crippen LogP contribution >= 0.6 is 0 Å². The molecule has 0 amide bonds. The number of nitrogens with one attached hydrogen (secondary N) is 2. The van der Waals surface area contributed by atoms with E-state index in [-0.39, 0.29) is 18.1 Å². The quantitative estimate of drug-likeness (QED) is 0.321. The first kappa shape index (κ1) is 24.4. The average molecular weight is 529 g/mol. The Kier molecular flexibility index (Phi) is 5.45. The highest BCUT2D eigenvalue weighted by atomic mass is 16.8. The van der Waals surface area contributed by atoms with Crippen LogP contribution in [0.2, 0.25) is 0 Å². The highest BCUT2D eigenvalue weighted by Crippen LogP contribution is 2.65. The van der Waals surface area contributed by atoms with Gasteiger partial charge in [0.25, 0.3) is 0 Å². The summed E-state index contributed by atoms with van der Waals surface area (Å²) in [5.41, 5.74) is 3.49. The van der Waals surface area contributed by atoms with Crippen molar-refractivity contribution in [1.82, 2.24) is 19.9 Å². The van der Waals surface area contributed by atoms with Crippen molar-refractivity contribution in [2.24, 2.45) is 5.92 Å². The van der Waals surface area contributed by atoms with Gasteiger partial charge in [0.05, 0.1) is 41.8 Å². The van der Waals surface area contributed by atoms with Crippen LogP contribution in [0.5, 0.6) is 0 Å². The molecule has 0 radical (unpaired) electrons. The summed E-state index contributed by atoms with van der Waals surface area (Å²) < 4.78 is 18.8. The van der Waals surface area contributed by atoms with Gasteiger partial charge in [0, 0.05) is 23.2 Å². The van der Waals surface area contributed by atoms with Crippen LogP contribution in [-0.2, 0) is 22.4 Å². The van der Waals surface area contributed by atoms with E-state index in [4.69, 9.17) is 23.9 Å². The Morgan fingerprint density at radius 1 is 1.13 bits per heavy atom. The van der Waals surface area contributed by atoms with Crippen molar-refractivity contribution in [3.63, 3.8) is 0 Å². The van der Waals surface area contributed by atoms with Gasteiger partial charge in [0.2, 0.25) is 5.95 Å². The molecule has 1 aliphatic heterocycles. The molecule has 0 aromatic carbocycles. The van der Waals surface area contributed by atoms with Gasteiger partial charge in [-0.25, -0.2) is 4.98 Å². The molecule has 10 heteroatoms. The van der Waals surface area contributed by atoms with Crippen LogP contribution in [0.3, 0.4) is 0 Å². The van der Waals surface area contributed by atoms with E-state index in [1.807, 2.05) is 45.0 Å². The Balaban J connectivity index is 1.26. The zero-order chi connectivity index (χ0) is 26.9. The number of furan rings is 1. The van der Waals surface area contributed by atoms with Gasteiger partial charge in [-0.1, -0.05) is 13.0 Å². The number of aliphatic hydroxyl groups is 1. The smallest absolute Gasteiger partial charge is 0.225 e. The van der Waals surface area contributed by atoms with Gasteiger partial charge in [0.15, 0.2) is 11.4 Å². The Hall–Kier alpha value is -3.60. The molecule has 202 valence electrons. The number of anilines is 2. The van der Waals surface area contributed by atoms with E-state index in [2.05, 4.69) is 33.6 Å². The molecule has 4 aromatic rings. The molecule has 5 atom stereocenters. The monoisotopic (exact) mass is 528 g/mol. The maximum atomic E-state index is 10.7. The number of ether oxygens (including phenoxy) is 2. The summed E-state index contributed by atoms with van der Waals surface area (Å²) in [6, 6.07) is 9.76. The molecule has 0 bridgehead atoms. The van der Waals surface area contributed by atoms with Gasteiger partial charge in [-0.05, 0) is 57.9 Å². The van der Waals surface area contributed by atoms with Crippen LogP contribution in [0.4, 0.5) is 11.8 Å². The molecule has 3 fully saturated rings. The second-order valence-corrected chi connectivity index (χ2v) is 11.1. The summed E-state index contributed by atoms with van der Waals surface area (Å²) in [4.78, 5) is 18.5. The van der Waals surface area contributed by atoms with E-state index < -0.39 is 17.5 Å². The molecule has 2 saturated carbocycles. The minimum absolute atomic E-state index is 0.0275. The third kappa shape index (κ3) is 3.97. The first-order chi connectivity index (χ1) is 18.8. The summed E-state index contributed by atoms with van der Waals surface area (Å²) in [6.07, 6.45) is 4.28. The molecule has 4 aromatic heterocycles. The number of hydrogen-bond acceptors (Lipinski definition) is 10. The molecular weight excluding hydrogens is 496 g/mol. The lowest BCUT2D eigenvalue weighted by atomic mass is 10.1. The third-order valence-electron chi connectivity index (χ3n) is 8.10. The largest absolute Gasteiger partial charge is 0.454 e. The molecule has 1 saturated heterocycles. The molecule has 3 N–H and O–H groups in total. The van der Waals surface area contributed by atoms with Crippen molar-refractivity contribution >= 4 is 22.7 Å². The number of fused-ring (bicyclic) bond motifs is 1. The highest BCUT2D eigenvalue weighted by molar-refractivity contribution is 5.86. The summed E-state index contributed by atoms with van der Waals surface area (Å²) >= 11 is 0. The van der Waals surface area contributed by atoms with Gasteiger partial charge in [-0.2, -0.15) is 4.98 Å². The molecule has 10 nitrogen and oxygen atoms in total. The molecule has 2 aliphatic carbocycles. The van der Waals surface area contributed by atoms with Gasteiger partial charge in [-0.15, -0.1) is 0 Å². The molecule has 1 spiro atoms. The fourth-order valence-corrected chi connectivity index (χ4v) is 6.31. The summed E-state index contributed by atoms with van der Waals surface area (Å²) in [6.45, 7) is 8.31. The van der Waals surface area contributed by atoms with Crippen molar-refractivity contribution in [1.29, 1.82) is 0 Å². The number of aromatic nitrogens is 4. The topological polar surface area (TPSA) is 127 Å². The standard InChI is InChI=1S/C29H32N6O4/c1-5-17-10-16-11-21(37-22(16)14-31-17)23-15(2)33-27(32-13-18-8-6-7-9-30-18)35-26(23)34-20-12-19-24(36)29(19)25(20)38-28(3,4)39-29/h6-11,14,19-20,24-25,36H,5,12-13H2,1-4H3,(H2,32,33,34,35). The molecular formula is C29H32N6O4. The lowest BCUT2D eigenvalue weighted by Crippen LogP contribution is -2.40. The van der Waals surface area contributed by atoms with Crippen molar-refractivity contribution in [3.05, 3.63) is 59.8 Å². The predicted molar refractivity (Wildman–Crippen MR) is 145 cm³/mol. The van der Waals surface area contributed by atoms with E-state index >= 15 is 0 Å². The molecule has 5 unspecified atom stereocenters. The van der Waals surface area contributed by atoms with Crippen LogP contribution in [0.1, 0.15) is 44.3 Å². The Bertz CT molecular complexity index is 1560. The van der Waals surface area contributed by atoms with Crippen LogP contribution in [-0.4, -0.2) is 54.7 Å². The second-order valence-electron chi connectivity index (χ2n) is 11.1. The second kappa shape index (κ2) is 8.70. The first-order valence-corrected chi connectivity index (χ1v) is 13.5. The fraction of sp³-hybridized carbons (Fsp3) is 0.448. The maximum Gasteiger partial charge on any atom is 0.225 e. The first-order valence-electron chi connectivity index (χ1n) is 13.5. The summed E-state index contributed by atoms with van der Waals surface area (Å²) in [5.74, 6) is 1.05. The van der Waals surface area contributed by atoms with Gasteiger partial charge in [0.1, 0.15) is 23.3 Å².